The number of rotatable bonds is 3. The van der Waals surface area contributed by atoms with Crippen LogP contribution >= 0.6 is 15.9 Å². The van der Waals surface area contributed by atoms with Crippen LogP contribution in [0.2, 0.25) is 0 Å². The molecular formula is C12H11BrN2O2. The minimum absolute atomic E-state index is 0.0739. The van der Waals surface area contributed by atoms with Gasteiger partial charge in [0.2, 0.25) is 0 Å². The lowest BCUT2D eigenvalue weighted by Gasteiger charge is -2.04. The summed E-state index contributed by atoms with van der Waals surface area (Å²) in [6, 6.07) is 9.29. The van der Waals surface area contributed by atoms with E-state index in [-0.39, 0.29) is 5.69 Å². The van der Waals surface area contributed by atoms with Gasteiger partial charge in [0.05, 0.1) is 5.69 Å². The molecule has 0 amide bonds. The largest absolute Gasteiger partial charge is 0.476 e. The van der Waals surface area contributed by atoms with Gasteiger partial charge in [-0.05, 0) is 30.7 Å². The Bertz CT molecular complexity index is 546. The number of aromatic carboxylic acids is 1. The predicted molar refractivity (Wildman–Crippen MR) is 68.0 cm³/mol. The third-order valence-corrected chi connectivity index (χ3v) is 2.97. The van der Waals surface area contributed by atoms with Crippen molar-refractivity contribution in [1.29, 1.82) is 0 Å². The summed E-state index contributed by atoms with van der Waals surface area (Å²) in [5.41, 5.74) is 1.84. The summed E-state index contributed by atoms with van der Waals surface area (Å²) in [4.78, 5) is 10.9. The first-order valence-corrected chi connectivity index (χ1v) is 5.98. The molecule has 2 aromatic rings. The molecule has 0 fully saturated rings. The molecular weight excluding hydrogens is 284 g/mol. The molecule has 0 aliphatic heterocycles. The van der Waals surface area contributed by atoms with Gasteiger partial charge in [0, 0.05) is 11.0 Å². The molecule has 2 rings (SSSR count). The molecule has 0 aliphatic rings. The molecule has 1 aromatic heterocycles. The van der Waals surface area contributed by atoms with Gasteiger partial charge in [0.25, 0.3) is 0 Å². The molecule has 1 N–H and O–H groups in total. The second-order valence-electron chi connectivity index (χ2n) is 3.54. The molecule has 5 heteroatoms. The lowest BCUT2D eigenvalue weighted by atomic mass is 10.1. The summed E-state index contributed by atoms with van der Waals surface area (Å²) in [5.74, 6) is -1.00. The third kappa shape index (κ3) is 2.39. The van der Waals surface area contributed by atoms with Crippen LogP contribution in [0.4, 0.5) is 0 Å². The van der Waals surface area contributed by atoms with Crippen LogP contribution < -0.4 is 0 Å². The molecule has 0 radical (unpaired) electrons. The maximum Gasteiger partial charge on any atom is 0.356 e. The maximum absolute atomic E-state index is 10.9. The lowest BCUT2D eigenvalue weighted by molar-refractivity contribution is 0.0689. The number of aryl methyl sites for hydroxylation is 1. The molecule has 0 saturated carbocycles. The summed E-state index contributed by atoms with van der Waals surface area (Å²) in [5, 5.41) is 13.0. The summed E-state index contributed by atoms with van der Waals surface area (Å²) < 4.78 is 2.68. The van der Waals surface area contributed by atoms with Crippen LogP contribution in [0.25, 0.3) is 11.3 Å². The summed E-state index contributed by atoms with van der Waals surface area (Å²) >= 11 is 3.37. The van der Waals surface area contributed by atoms with Gasteiger partial charge in [-0.15, -0.1) is 0 Å². The summed E-state index contributed by atoms with van der Waals surface area (Å²) in [6.45, 7) is 2.57. The van der Waals surface area contributed by atoms with Crippen molar-refractivity contribution in [2.45, 2.75) is 13.5 Å². The van der Waals surface area contributed by atoms with E-state index < -0.39 is 5.97 Å². The fraction of sp³-hybridized carbons (Fsp3) is 0.167. The number of hydrogen-bond acceptors (Lipinski definition) is 2. The fourth-order valence-electron chi connectivity index (χ4n) is 1.62. The summed E-state index contributed by atoms with van der Waals surface area (Å²) in [6.07, 6.45) is 0. The van der Waals surface area contributed by atoms with Crippen molar-refractivity contribution in [3.05, 3.63) is 40.5 Å². The average molecular weight is 295 g/mol. The highest BCUT2D eigenvalue weighted by atomic mass is 79.9. The first-order valence-electron chi connectivity index (χ1n) is 5.19. The number of hydrogen-bond donors (Lipinski definition) is 1. The number of benzene rings is 1. The first kappa shape index (κ1) is 11.9. The average Bonchev–Trinajstić information content (AvgIpc) is 2.74. The van der Waals surface area contributed by atoms with Crippen LogP contribution in [0.5, 0.6) is 0 Å². The van der Waals surface area contributed by atoms with Gasteiger partial charge in [-0.3, -0.25) is 4.68 Å². The first-order chi connectivity index (χ1) is 8.11. The van der Waals surface area contributed by atoms with Gasteiger partial charge in [-0.25, -0.2) is 4.79 Å². The molecule has 0 atom stereocenters. The van der Waals surface area contributed by atoms with Crippen molar-refractivity contribution in [2.24, 2.45) is 0 Å². The van der Waals surface area contributed by atoms with Crippen LogP contribution in [0, 0.1) is 0 Å². The SMILES string of the molecule is CCn1nc(C(=O)O)cc1-c1ccc(Br)cc1. The Kier molecular flexibility index (Phi) is 3.28. The van der Waals surface area contributed by atoms with Crippen molar-refractivity contribution in [2.75, 3.05) is 0 Å². The van der Waals surface area contributed by atoms with E-state index in [1.54, 1.807) is 10.7 Å². The van der Waals surface area contributed by atoms with Crippen molar-refractivity contribution in [3.63, 3.8) is 0 Å². The molecule has 1 aromatic carbocycles. The van der Waals surface area contributed by atoms with Crippen LogP contribution in [-0.2, 0) is 6.54 Å². The monoisotopic (exact) mass is 294 g/mol. The van der Waals surface area contributed by atoms with Crippen LogP contribution in [0.3, 0.4) is 0 Å². The number of halogens is 1. The Balaban J connectivity index is 2.50. The smallest absolute Gasteiger partial charge is 0.356 e. The van der Waals surface area contributed by atoms with E-state index in [1.165, 1.54) is 0 Å². The second-order valence-corrected chi connectivity index (χ2v) is 4.46. The van der Waals surface area contributed by atoms with E-state index in [1.807, 2.05) is 31.2 Å². The highest BCUT2D eigenvalue weighted by Gasteiger charge is 2.13. The molecule has 0 aliphatic carbocycles. The Morgan fingerprint density at radius 3 is 2.59 bits per heavy atom. The molecule has 0 saturated heterocycles. The number of carboxylic acid groups (broad SMARTS) is 1. The highest BCUT2D eigenvalue weighted by Crippen LogP contribution is 2.22. The lowest BCUT2D eigenvalue weighted by Crippen LogP contribution is -2.02. The van der Waals surface area contributed by atoms with Gasteiger partial charge in [-0.1, -0.05) is 28.1 Å². The van der Waals surface area contributed by atoms with Crippen molar-refractivity contribution in [1.82, 2.24) is 9.78 Å². The minimum Gasteiger partial charge on any atom is -0.476 e. The topological polar surface area (TPSA) is 55.1 Å². The molecule has 0 bridgehead atoms. The van der Waals surface area contributed by atoms with Gasteiger partial charge < -0.3 is 5.11 Å². The van der Waals surface area contributed by atoms with Crippen LogP contribution in [-0.4, -0.2) is 20.9 Å². The van der Waals surface area contributed by atoms with Gasteiger partial charge in [0.15, 0.2) is 5.69 Å². The van der Waals surface area contributed by atoms with Gasteiger partial charge in [0.1, 0.15) is 0 Å². The van der Waals surface area contributed by atoms with Gasteiger partial charge in [-0.2, -0.15) is 5.10 Å². The number of aromatic nitrogens is 2. The Morgan fingerprint density at radius 2 is 2.06 bits per heavy atom. The zero-order valence-electron chi connectivity index (χ0n) is 9.22. The van der Waals surface area contributed by atoms with Crippen LogP contribution in [0.15, 0.2) is 34.8 Å². The number of nitrogens with zero attached hydrogens (tertiary/aromatic N) is 2. The van der Waals surface area contributed by atoms with Crippen LogP contribution in [0.1, 0.15) is 17.4 Å². The highest BCUT2D eigenvalue weighted by molar-refractivity contribution is 9.10. The van der Waals surface area contributed by atoms with E-state index in [0.29, 0.717) is 6.54 Å². The maximum atomic E-state index is 10.9. The van der Waals surface area contributed by atoms with E-state index in [4.69, 9.17) is 5.11 Å². The Labute approximate surface area is 107 Å². The fourth-order valence-corrected chi connectivity index (χ4v) is 1.88. The molecule has 0 unspecified atom stereocenters. The Hall–Kier alpha value is -1.62. The van der Waals surface area contributed by atoms with Crippen molar-refractivity contribution < 1.29 is 9.90 Å². The molecule has 0 spiro atoms. The summed E-state index contributed by atoms with van der Waals surface area (Å²) in [7, 11) is 0. The Morgan fingerprint density at radius 1 is 1.41 bits per heavy atom. The zero-order valence-corrected chi connectivity index (χ0v) is 10.8. The molecule has 17 heavy (non-hydrogen) atoms. The van der Waals surface area contributed by atoms with E-state index >= 15 is 0 Å². The normalized spacial score (nSPS) is 10.5. The minimum atomic E-state index is -1.00. The standard InChI is InChI=1S/C12H11BrN2O2/c1-2-15-11(7-10(14-15)12(16)17)8-3-5-9(13)6-4-8/h3-7H,2H2,1H3,(H,16,17). The molecule has 1 heterocycles. The quantitative estimate of drug-likeness (QED) is 0.947. The van der Waals surface area contributed by atoms with E-state index in [9.17, 15) is 4.79 Å². The second kappa shape index (κ2) is 4.71. The number of carboxylic acids is 1. The molecule has 88 valence electrons. The predicted octanol–water partition coefficient (Wildman–Crippen LogP) is 3.03. The van der Waals surface area contributed by atoms with Gasteiger partial charge >= 0.3 is 5.97 Å². The van der Waals surface area contributed by atoms with Crippen molar-refractivity contribution in [3.8, 4) is 11.3 Å². The van der Waals surface area contributed by atoms with E-state index in [2.05, 4.69) is 21.0 Å². The van der Waals surface area contributed by atoms with E-state index in [0.717, 1.165) is 15.7 Å². The molecule has 4 nitrogen and oxygen atoms in total. The zero-order chi connectivity index (χ0) is 12.4. The third-order valence-electron chi connectivity index (χ3n) is 2.44. The van der Waals surface area contributed by atoms with Crippen molar-refractivity contribution >= 4 is 21.9 Å². The number of carbonyl (C=O) groups is 1.